The van der Waals surface area contributed by atoms with Crippen LogP contribution in [0.2, 0.25) is 0 Å². The standard InChI is InChI=1S/C10H13N3O2/c1-8-9(7-12-13(8)2)10(14)15-6-4-3-5-11/h7H,3-4,6H2,1-2H3. The maximum atomic E-state index is 11.5. The van der Waals surface area contributed by atoms with Gasteiger partial charge in [-0.1, -0.05) is 0 Å². The van der Waals surface area contributed by atoms with Crippen molar-refractivity contribution in [1.29, 1.82) is 5.26 Å². The van der Waals surface area contributed by atoms with Crippen LogP contribution in [0.25, 0.3) is 0 Å². The van der Waals surface area contributed by atoms with Crippen molar-refractivity contribution in [1.82, 2.24) is 9.78 Å². The van der Waals surface area contributed by atoms with E-state index >= 15 is 0 Å². The molecule has 15 heavy (non-hydrogen) atoms. The van der Waals surface area contributed by atoms with Crippen molar-refractivity contribution < 1.29 is 9.53 Å². The lowest BCUT2D eigenvalue weighted by atomic mass is 10.2. The van der Waals surface area contributed by atoms with Gasteiger partial charge in [0.05, 0.1) is 18.9 Å². The highest BCUT2D eigenvalue weighted by atomic mass is 16.5. The molecular formula is C10H13N3O2. The summed E-state index contributed by atoms with van der Waals surface area (Å²) in [6.07, 6.45) is 2.46. The molecule has 0 bridgehead atoms. The topological polar surface area (TPSA) is 67.9 Å². The average Bonchev–Trinajstić information content (AvgIpc) is 2.55. The molecule has 0 atom stereocenters. The van der Waals surface area contributed by atoms with E-state index in [0.29, 0.717) is 18.4 Å². The number of nitrogens with zero attached hydrogens (tertiary/aromatic N) is 3. The molecule has 1 rings (SSSR count). The number of hydrogen-bond acceptors (Lipinski definition) is 4. The second-order valence-electron chi connectivity index (χ2n) is 3.16. The zero-order valence-electron chi connectivity index (χ0n) is 8.86. The van der Waals surface area contributed by atoms with Gasteiger partial charge in [0.15, 0.2) is 0 Å². The number of aryl methyl sites for hydroxylation is 1. The van der Waals surface area contributed by atoms with Crippen LogP contribution in [-0.4, -0.2) is 22.4 Å². The number of carbonyl (C=O) groups excluding carboxylic acids is 1. The van der Waals surface area contributed by atoms with Gasteiger partial charge in [0.1, 0.15) is 5.56 Å². The first-order valence-corrected chi connectivity index (χ1v) is 4.69. The SMILES string of the molecule is Cc1c(C(=O)OCCCC#N)cnn1C. The minimum Gasteiger partial charge on any atom is -0.462 e. The molecule has 0 aliphatic heterocycles. The predicted octanol–water partition coefficient (Wildman–Crippen LogP) is 1.19. The Morgan fingerprint density at radius 1 is 1.73 bits per heavy atom. The number of nitriles is 1. The Kier molecular flexibility index (Phi) is 3.86. The fourth-order valence-electron chi connectivity index (χ4n) is 1.09. The molecule has 0 aliphatic rings. The first-order chi connectivity index (χ1) is 7.16. The average molecular weight is 207 g/mol. The van der Waals surface area contributed by atoms with Gasteiger partial charge in [0.2, 0.25) is 0 Å². The number of unbranched alkanes of at least 4 members (excludes halogenated alkanes) is 1. The summed E-state index contributed by atoms with van der Waals surface area (Å²) < 4.78 is 6.60. The van der Waals surface area contributed by atoms with Crippen LogP contribution in [0.15, 0.2) is 6.20 Å². The van der Waals surface area contributed by atoms with E-state index in [2.05, 4.69) is 5.10 Å². The number of ether oxygens (including phenoxy) is 1. The van der Waals surface area contributed by atoms with Gasteiger partial charge in [-0.3, -0.25) is 4.68 Å². The summed E-state index contributed by atoms with van der Waals surface area (Å²) in [5.41, 5.74) is 1.26. The molecule has 0 N–H and O–H groups in total. The van der Waals surface area contributed by atoms with Gasteiger partial charge in [-0.2, -0.15) is 10.4 Å². The summed E-state index contributed by atoms with van der Waals surface area (Å²) in [5.74, 6) is -0.376. The summed E-state index contributed by atoms with van der Waals surface area (Å²) in [5, 5.41) is 12.2. The zero-order valence-corrected chi connectivity index (χ0v) is 8.86. The fraction of sp³-hybridized carbons (Fsp3) is 0.500. The first-order valence-electron chi connectivity index (χ1n) is 4.69. The molecule has 0 aliphatic carbocycles. The molecule has 1 heterocycles. The van der Waals surface area contributed by atoms with Crippen molar-refractivity contribution in [3.8, 4) is 6.07 Å². The van der Waals surface area contributed by atoms with Crippen molar-refractivity contribution in [2.75, 3.05) is 6.61 Å². The highest BCUT2D eigenvalue weighted by Crippen LogP contribution is 2.07. The van der Waals surface area contributed by atoms with Crippen LogP contribution in [0, 0.1) is 18.3 Å². The van der Waals surface area contributed by atoms with Crippen LogP contribution in [0.1, 0.15) is 28.9 Å². The van der Waals surface area contributed by atoms with Gasteiger partial charge in [0, 0.05) is 19.2 Å². The van der Waals surface area contributed by atoms with Crippen molar-refractivity contribution in [2.45, 2.75) is 19.8 Å². The van der Waals surface area contributed by atoms with Gasteiger partial charge < -0.3 is 4.74 Å². The van der Waals surface area contributed by atoms with Crippen molar-refractivity contribution >= 4 is 5.97 Å². The number of hydrogen-bond donors (Lipinski definition) is 0. The Labute approximate surface area is 88.3 Å². The van der Waals surface area contributed by atoms with E-state index in [4.69, 9.17) is 10.00 Å². The van der Waals surface area contributed by atoms with E-state index in [9.17, 15) is 4.79 Å². The molecule has 1 aromatic heterocycles. The largest absolute Gasteiger partial charge is 0.462 e. The lowest BCUT2D eigenvalue weighted by Crippen LogP contribution is -2.07. The third-order valence-electron chi connectivity index (χ3n) is 2.12. The third-order valence-corrected chi connectivity index (χ3v) is 2.12. The van der Waals surface area contributed by atoms with E-state index in [-0.39, 0.29) is 12.6 Å². The van der Waals surface area contributed by atoms with E-state index in [1.807, 2.05) is 6.07 Å². The maximum absolute atomic E-state index is 11.5. The van der Waals surface area contributed by atoms with E-state index in [0.717, 1.165) is 5.69 Å². The lowest BCUT2D eigenvalue weighted by Gasteiger charge is -2.02. The van der Waals surface area contributed by atoms with Crippen LogP contribution in [0.3, 0.4) is 0 Å². The predicted molar refractivity (Wildman–Crippen MR) is 53.1 cm³/mol. The van der Waals surface area contributed by atoms with Gasteiger partial charge in [-0.25, -0.2) is 4.79 Å². The summed E-state index contributed by atoms with van der Waals surface area (Å²) in [6, 6.07) is 1.99. The van der Waals surface area contributed by atoms with Crippen molar-refractivity contribution in [2.24, 2.45) is 7.05 Å². The molecule has 5 nitrogen and oxygen atoms in total. The summed E-state index contributed by atoms with van der Waals surface area (Å²) in [4.78, 5) is 11.5. The van der Waals surface area contributed by atoms with Crippen LogP contribution in [-0.2, 0) is 11.8 Å². The van der Waals surface area contributed by atoms with Crippen LogP contribution < -0.4 is 0 Å². The highest BCUT2D eigenvalue weighted by Gasteiger charge is 2.13. The quantitative estimate of drug-likeness (QED) is 0.549. The second kappa shape index (κ2) is 5.15. The summed E-state index contributed by atoms with van der Waals surface area (Å²) in [7, 11) is 1.77. The second-order valence-corrected chi connectivity index (χ2v) is 3.16. The Hall–Kier alpha value is -1.83. The fourth-order valence-corrected chi connectivity index (χ4v) is 1.09. The summed E-state index contributed by atoms with van der Waals surface area (Å²) >= 11 is 0. The molecule has 0 saturated carbocycles. The van der Waals surface area contributed by atoms with Gasteiger partial charge >= 0.3 is 5.97 Å². The zero-order chi connectivity index (χ0) is 11.3. The monoisotopic (exact) mass is 207 g/mol. The number of carbonyl (C=O) groups is 1. The first kappa shape index (κ1) is 11.2. The van der Waals surface area contributed by atoms with Crippen LogP contribution >= 0.6 is 0 Å². The van der Waals surface area contributed by atoms with Crippen LogP contribution in [0.4, 0.5) is 0 Å². The smallest absolute Gasteiger partial charge is 0.341 e. The Bertz CT molecular complexity index is 390. The molecule has 0 spiro atoms. The normalized spacial score (nSPS) is 9.67. The third kappa shape index (κ3) is 2.81. The molecule has 80 valence electrons. The van der Waals surface area contributed by atoms with E-state index < -0.39 is 0 Å². The molecular weight excluding hydrogens is 194 g/mol. The Morgan fingerprint density at radius 3 is 3.00 bits per heavy atom. The van der Waals surface area contributed by atoms with Crippen LogP contribution in [0.5, 0.6) is 0 Å². The molecule has 0 fully saturated rings. The number of esters is 1. The Balaban J connectivity index is 2.48. The minimum absolute atomic E-state index is 0.278. The maximum Gasteiger partial charge on any atom is 0.341 e. The van der Waals surface area contributed by atoms with Gasteiger partial charge in [-0.05, 0) is 13.3 Å². The van der Waals surface area contributed by atoms with Gasteiger partial charge in [-0.15, -0.1) is 0 Å². The number of aromatic nitrogens is 2. The Morgan fingerprint density at radius 2 is 2.47 bits per heavy atom. The lowest BCUT2D eigenvalue weighted by molar-refractivity contribution is 0.0500. The van der Waals surface area contributed by atoms with E-state index in [1.165, 1.54) is 6.20 Å². The van der Waals surface area contributed by atoms with Crippen molar-refractivity contribution in [3.05, 3.63) is 17.5 Å². The highest BCUT2D eigenvalue weighted by molar-refractivity contribution is 5.90. The molecule has 1 aromatic rings. The summed E-state index contributed by atoms with van der Waals surface area (Å²) in [6.45, 7) is 2.08. The molecule has 5 heteroatoms. The minimum atomic E-state index is -0.376. The molecule has 0 radical (unpaired) electrons. The molecule has 0 amide bonds. The molecule has 0 aromatic carbocycles. The molecule has 0 unspecified atom stereocenters. The number of rotatable bonds is 4. The van der Waals surface area contributed by atoms with E-state index in [1.54, 1.807) is 18.7 Å². The molecule has 0 saturated heterocycles. The van der Waals surface area contributed by atoms with Gasteiger partial charge in [0.25, 0.3) is 0 Å². The van der Waals surface area contributed by atoms with Crippen molar-refractivity contribution in [3.63, 3.8) is 0 Å².